The van der Waals surface area contributed by atoms with Crippen LogP contribution in [-0.4, -0.2) is 58.5 Å². The highest BCUT2D eigenvalue weighted by Crippen LogP contribution is 2.63. The first-order chi connectivity index (χ1) is 13.9. The number of aliphatic hydroxyl groups excluding tert-OH is 1. The Labute approximate surface area is 170 Å². The fourth-order valence-corrected chi connectivity index (χ4v) is 6.32. The third-order valence-electron chi connectivity index (χ3n) is 7.64. The van der Waals surface area contributed by atoms with Gasteiger partial charge < -0.3 is 19.8 Å². The number of piperidine rings is 1. The van der Waals surface area contributed by atoms with Crippen LogP contribution in [0.3, 0.4) is 0 Å². The van der Waals surface area contributed by atoms with Gasteiger partial charge in [0.15, 0.2) is 23.1 Å². The molecule has 0 amide bonds. The van der Waals surface area contributed by atoms with Crippen LogP contribution >= 0.6 is 0 Å². The van der Waals surface area contributed by atoms with Crippen molar-refractivity contribution in [1.29, 1.82) is 0 Å². The van der Waals surface area contributed by atoms with Crippen molar-refractivity contribution in [2.24, 2.45) is 5.92 Å². The Balaban J connectivity index is 1.89. The van der Waals surface area contributed by atoms with Gasteiger partial charge in [0.25, 0.3) is 0 Å². The zero-order chi connectivity index (χ0) is 20.7. The number of ketones is 2. The summed E-state index contributed by atoms with van der Waals surface area (Å²) in [4.78, 5) is 28.2. The van der Waals surface area contributed by atoms with Crippen molar-refractivity contribution in [3.05, 3.63) is 34.4 Å². The predicted octanol–water partition coefficient (Wildman–Crippen LogP) is 2.38. The van der Waals surface area contributed by atoms with Crippen LogP contribution in [-0.2, 0) is 11.8 Å². The Bertz CT molecular complexity index is 967. The van der Waals surface area contributed by atoms with E-state index in [4.69, 9.17) is 4.74 Å². The van der Waals surface area contributed by atoms with E-state index in [0.717, 1.165) is 24.1 Å². The number of Topliss-reactive ketones (excluding diaryl/α,β-unsaturated/α-hetero) is 2. The Morgan fingerprint density at radius 1 is 1.21 bits per heavy atom. The maximum Gasteiger partial charge on any atom is 0.169 e. The molecule has 1 spiro atoms. The molecule has 2 heterocycles. The normalized spacial score (nSPS) is 33.9. The molecule has 2 aliphatic carbocycles. The van der Waals surface area contributed by atoms with Gasteiger partial charge in [-0.3, -0.25) is 9.59 Å². The number of carbonyl (C=O) groups is 2. The highest BCUT2D eigenvalue weighted by Gasteiger charge is 2.65. The minimum atomic E-state index is -0.788. The first-order valence-corrected chi connectivity index (χ1v) is 10.6. The summed E-state index contributed by atoms with van der Waals surface area (Å²) >= 11 is 0. The van der Waals surface area contributed by atoms with Crippen LogP contribution in [0.2, 0.25) is 0 Å². The molecule has 1 aromatic carbocycles. The van der Waals surface area contributed by atoms with Crippen molar-refractivity contribution in [3.63, 3.8) is 0 Å². The van der Waals surface area contributed by atoms with Crippen LogP contribution in [0.4, 0.5) is 0 Å². The number of benzene rings is 1. The summed E-state index contributed by atoms with van der Waals surface area (Å²) in [5, 5.41) is 21.9. The van der Waals surface area contributed by atoms with Crippen molar-refractivity contribution in [2.45, 2.75) is 63.2 Å². The fourth-order valence-electron chi connectivity index (χ4n) is 6.32. The molecular formula is C23H27NO5. The average Bonchev–Trinajstić information content (AvgIpc) is 3.07. The molecule has 6 heteroatoms. The molecule has 2 N–H and O–H groups in total. The molecule has 5 atom stereocenters. The maximum absolute atomic E-state index is 13.0. The third-order valence-corrected chi connectivity index (χ3v) is 7.64. The van der Waals surface area contributed by atoms with Crippen molar-refractivity contribution >= 4 is 11.6 Å². The molecular weight excluding hydrogens is 370 g/mol. The lowest BCUT2D eigenvalue weighted by Gasteiger charge is -2.56. The second-order valence-corrected chi connectivity index (χ2v) is 8.82. The van der Waals surface area contributed by atoms with Gasteiger partial charge in [0.05, 0.1) is 5.56 Å². The van der Waals surface area contributed by atoms with Crippen LogP contribution in [0.1, 0.15) is 65.0 Å². The van der Waals surface area contributed by atoms with Crippen LogP contribution < -0.4 is 4.74 Å². The van der Waals surface area contributed by atoms with E-state index in [1.807, 2.05) is 0 Å². The molecule has 0 aromatic heterocycles. The van der Waals surface area contributed by atoms with E-state index in [9.17, 15) is 19.8 Å². The molecule has 29 heavy (non-hydrogen) atoms. The highest BCUT2D eigenvalue weighted by molar-refractivity contribution is 6.12. The van der Waals surface area contributed by atoms with Gasteiger partial charge in [0.1, 0.15) is 12.2 Å². The molecule has 2 aliphatic heterocycles. The Morgan fingerprint density at radius 3 is 2.59 bits per heavy atom. The molecule has 4 aliphatic rings. The second kappa shape index (κ2) is 6.16. The average molecular weight is 397 g/mol. The molecule has 5 rings (SSSR count). The van der Waals surface area contributed by atoms with E-state index in [1.54, 1.807) is 19.9 Å². The summed E-state index contributed by atoms with van der Waals surface area (Å²) in [5.41, 5.74) is 1.72. The minimum Gasteiger partial charge on any atom is -0.504 e. The Hall–Kier alpha value is -2.18. The number of ether oxygens (including phenoxy) is 1. The molecule has 0 radical (unpaired) electrons. The number of phenols is 1. The van der Waals surface area contributed by atoms with E-state index in [-0.39, 0.29) is 47.7 Å². The minimum absolute atomic E-state index is 0.102. The van der Waals surface area contributed by atoms with Gasteiger partial charge in [-0.15, -0.1) is 0 Å². The topological polar surface area (TPSA) is 87.1 Å². The van der Waals surface area contributed by atoms with Gasteiger partial charge in [0.2, 0.25) is 0 Å². The monoisotopic (exact) mass is 397 g/mol. The zero-order valence-electron chi connectivity index (χ0n) is 17.1. The van der Waals surface area contributed by atoms with Crippen molar-refractivity contribution in [1.82, 2.24) is 4.90 Å². The van der Waals surface area contributed by atoms with E-state index >= 15 is 0 Å². The molecule has 0 unspecified atom stereocenters. The SMILES string of the molecule is CCC(=O)c1c(O)c2c3c(c1C(=O)CC)C[C@@H]1[C@@H]4C=C[C@H](O)[C@H](O2)[C@]34CCN1C. The summed E-state index contributed by atoms with van der Waals surface area (Å²) in [5.74, 6) is -0.153. The number of aromatic hydroxyl groups is 1. The lowest BCUT2D eigenvalue weighted by Crippen LogP contribution is -2.65. The first kappa shape index (κ1) is 18.8. The summed E-state index contributed by atoms with van der Waals surface area (Å²) < 4.78 is 6.23. The number of aliphatic hydroxyl groups is 1. The molecule has 0 saturated carbocycles. The number of likely N-dealkylation sites (tertiary alicyclic amines) is 1. The summed E-state index contributed by atoms with van der Waals surface area (Å²) in [6, 6.07) is 0.162. The van der Waals surface area contributed by atoms with Crippen molar-refractivity contribution in [2.75, 3.05) is 13.6 Å². The van der Waals surface area contributed by atoms with Gasteiger partial charge in [-0.2, -0.15) is 0 Å². The Kier molecular flexibility index (Phi) is 4.00. The van der Waals surface area contributed by atoms with Gasteiger partial charge in [0, 0.05) is 41.3 Å². The maximum atomic E-state index is 13.0. The Morgan fingerprint density at radius 2 is 1.90 bits per heavy atom. The van der Waals surface area contributed by atoms with Gasteiger partial charge in [-0.05, 0) is 32.0 Å². The number of phenolic OH excluding ortho intramolecular Hbond substituents is 1. The summed E-state index contributed by atoms with van der Waals surface area (Å²) in [6.45, 7) is 4.36. The summed E-state index contributed by atoms with van der Waals surface area (Å²) in [6.07, 6.45) is 4.45. The molecule has 2 bridgehead atoms. The zero-order valence-corrected chi connectivity index (χ0v) is 17.1. The standard InChI is InChI=1S/C23H27NO5/c1-4-14(25)17-11-10-13-12-6-7-16(27)22-23(12,8-9-24(13)3)19(11)21(29-22)20(28)18(17)15(26)5-2/h6-7,12-13,16,22,27-28H,4-5,8-10H2,1-3H3/t12-,13+,16-,22-,23-/m0/s1. The van der Waals surface area contributed by atoms with E-state index < -0.39 is 17.6 Å². The fraction of sp³-hybridized carbons (Fsp3) is 0.565. The highest BCUT2D eigenvalue weighted by atomic mass is 16.5. The predicted molar refractivity (Wildman–Crippen MR) is 107 cm³/mol. The number of nitrogens with zero attached hydrogens (tertiary/aromatic N) is 1. The van der Waals surface area contributed by atoms with Gasteiger partial charge in [-0.1, -0.05) is 26.0 Å². The number of hydrogen-bond acceptors (Lipinski definition) is 6. The van der Waals surface area contributed by atoms with E-state index in [0.29, 0.717) is 17.7 Å². The molecule has 1 aromatic rings. The van der Waals surface area contributed by atoms with Crippen LogP contribution in [0, 0.1) is 5.92 Å². The van der Waals surface area contributed by atoms with Gasteiger partial charge >= 0.3 is 0 Å². The second-order valence-electron chi connectivity index (χ2n) is 8.82. The lowest BCUT2D eigenvalue weighted by molar-refractivity contribution is -0.0453. The summed E-state index contributed by atoms with van der Waals surface area (Å²) in [7, 11) is 2.09. The van der Waals surface area contributed by atoms with Gasteiger partial charge in [-0.25, -0.2) is 0 Å². The van der Waals surface area contributed by atoms with E-state index in [1.165, 1.54) is 0 Å². The third kappa shape index (κ3) is 2.14. The number of rotatable bonds is 4. The number of carbonyl (C=O) groups excluding carboxylic acids is 2. The van der Waals surface area contributed by atoms with Crippen LogP contribution in [0.15, 0.2) is 12.2 Å². The largest absolute Gasteiger partial charge is 0.504 e. The smallest absolute Gasteiger partial charge is 0.169 e. The van der Waals surface area contributed by atoms with Crippen LogP contribution in [0.5, 0.6) is 11.5 Å². The van der Waals surface area contributed by atoms with Crippen molar-refractivity contribution < 1.29 is 24.5 Å². The van der Waals surface area contributed by atoms with E-state index in [2.05, 4.69) is 18.0 Å². The molecule has 6 nitrogen and oxygen atoms in total. The lowest BCUT2D eigenvalue weighted by atomic mass is 9.52. The number of likely N-dealkylation sites (N-methyl/N-ethyl adjacent to an activating group) is 1. The first-order valence-electron chi connectivity index (χ1n) is 10.6. The molecule has 1 fully saturated rings. The van der Waals surface area contributed by atoms with Crippen molar-refractivity contribution in [3.8, 4) is 11.5 Å². The quantitative estimate of drug-likeness (QED) is 0.599. The van der Waals surface area contributed by atoms with Crippen LogP contribution in [0.25, 0.3) is 0 Å². The molecule has 154 valence electrons. The molecule has 1 saturated heterocycles. The number of hydrogen-bond donors (Lipinski definition) is 2.